The van der Waals surface area contributed by atoms with Crippen molar-refractivity contribution in [2.45, 2.75) is 13.0 Å². The molecule has 2 rings (SSSR count). The van der Waals surface area contributed by atoms with Crippen LogP contribution >= 0.6 is 34.7 Å². The Bertz CT molecular complexity index is 576. The van der Waals surface area contributed by atoms with Crippen LogP contribution in [0.3, 0.4) is 0 Å². The molecule has 108 valence electrons. The summed E-state index contributed by atoms with van der Waals surface area (Å²) >= 11 is 13.6. The number of hydrogen-bond acceptors (Lipinski definition) is 5. The molecule has 0 N–H and O–H groups in total. The highest BCUT2D eigenvalue weighted by Gasteiger charge is 2.12. The predicted octanol–water partition coefficient (Wildman–Crippen LogP) is 3.67. The highest BCUT2D eigenvalue weighted by Crippen LogP contribution is 2.27. The lowest BCUT2D eigenvalue weighted by Gasteiger charge is -2.16. The van der Waals surface area contributed by atoms with E-state index < -0.39 is 0 Å². The minimum Gasteiger partial charge on any atom is -0.384 e. The predicted molar refractivity (Wildman–Crippen MR) is 84.1 cm³/mol. The average molecular weight is 332 g/mol. The van der Waals surface area contributed by atoms with Crippen LogP contribution in [-0.4, -0.2) is 30.1 Å². The van der Waals surface area contributed by atoms with Crippen molar-refractivity contribution in [2.24, 2.45) is 0 Å². The number of ether oxygens (including phenoxy) is 1. The van der Waals surface area contributed by atoms with E-state index in [-0.39, 0.29) is 0 Å². The van der Waals surface area contributed by atoms with Gasteiger partial charge in [0.05, 0.1) is 16.7 Å². The summed E-state index contributed by atoms with van der Waals surface area (Å²) in [6.45, 7) is 1.26. The molecule has 20 heavy (non-hydrogen) atoms. The van der Waals surface area contributed by atoms with Crippen molar-refractivity contribution in [3.8, 4) is 0 Å². The van der Waals surface area contributed by atoms with Gasteiger partial charge in [0, 0.05) is 38.7 Å². The van der Waals surface area contributed by atoms with Crippen molar-refractivity contribution in [1.82, 2.24) is 9.36 Å². The summed E-state index contributed by atoms with van der Waals surface area (Å²) in [6, 6.07) is 5.63. The van der Waals surface area contributed by atoms with Crippen LogP contribution in [0.2, 0.25) is 10.0 Å². The van der Waals surface area contributed by atoms with E-state index in [1.54, 1.807) is 13.2 Å². The zero-order valence-electron chi connectivity index (χ0n) is 11.3. The van der Waals surface area contributed by atoms with Gasteiger partial charge in [-0.05, 0) is 11.6 Å². The summed E-state index contributed by atoms with van der Waals surface area (Å²) in [5.41, 5.74) is 0.968. The molecule has 0 amide bonds. The molecule has 0 atom stereocenters. The average Bonchev–Trinajstić information content (AvgIpc) is 2.90. The van der Waals surface area contributed by atoms with Crippen LogP contribution in [0, 0.1) is 0 Å². The Hall–Kier alpha value is -0.880. The molecule has 0 saturated carbocycles. The summed E-state index contributed by atoms with van der Waals surface area (Å²) < 4.78 is 9.33. The van der Waals surface area contributed by atoms with Gasteiger partial charge < -0.3 is 9.64 Å². The molecular weight excluding hydrogens is 317 g/mol. The number of hydrogen-bond donors (Lipinski definition) is 0. The monoisotopic (exact) mass is 331 g/mol. The second kappa shape index (κ2) is 7.22. The van der Waals surface area contributed by atoms with Gasteiger partial charge in [-0.1, -0.05) is 35.3 Å². The van der Waals surface area contributed by atoms with E-state index in [1.165, 1.54) is 11.5 Å². The summed E-state index contributed by atoms with van der Waals surface area (Å²) in [6.07, 6.45) is 0.721. The second-order valence-corrected chi connectivity index (χ2v) is 5.82. The molecule has 7 heteroatoms. The minimum absolute atomic E-state index is 0.565. The third-order valence-electron chi connectivity index (χ3n) is 2.75. The first-order valence-electron chi connectivity index (χ1n) is 6.07. The van der Waals surface area contributed by atoms with Gasteiger partial charge in [0.25, 0.3) is 0 Å². The lowest BCUT2D eigenvalue weighted by molar-refractivity contribution is 0.201. The Labute approximate surface area is 132 Å². The zero-order valence-corrected chi connectivity index (χ0v) is 13.6. The quantitative estimate of drug-likeness (QED) is 0.809. The van der Waals surface area contributed by atoms with Crippen LogP contribution in [0.5, 0.6) is 0 Å². The molecular formula is C13H15Cl2N3OS. The van der Waals surface area contributed by atoms with Gasteiger partial charge in [-0.3, -0.25) is 0 Å². The van der Waals surface area contributed by atoms with Crippen molar-refractivity contribution in [1.29, 1.82) is 0 Å². The van der Waals surface area contributed by atoms with E-state index in [0.29, 0.717) is 23.2 Å². The molecule has 2 aromatic rings. The fraction of sp³-hybridized carbons (Fsp3) is 0.385. The number of halogens is 2. The van der Waals surface area contributed by atoms with E-state index in [4.69, 9.17) is 27.9 Å². The Morgan fingerprint density at radius 1 is 1.35 bits per heavy atom. The van der Waals surface area contributed by atoms with Gasteiger partial charge in [0.2, 0.25) is 5.13 Å². The lowest BCUT2D eigenvalue weighted by Crippen LogP contribution is -2.16. The van der Waals surface area contributed by atoms with Gasteiger partial charge in [-0.2, -0.15) is 4.37 Å². The topological polar surface area (TPSA) is 38.2 Å². The van der Waals surface area contributed by atoms with Crippen LogP contribution < -0.4 is 4.90 Å². The molecule has 1 aromatic carbocycles. The number of benzene rings is 1. The van der Waals surface area contributed by atoms with Crippen LogP contribution in [0.1, 0.15) is 11.4 Å². The van der Waals surface area contributed by atoms with Gasteiger partial charge in [-0.15, -0.1) is 0 Å². The SMILES string of the molecule is COCCc1nsc(N(C)Cc2cccc(Cl)c2Cl)n1. The summed E-state index contributed by atoms with van der Waals surface area (Å²) in [4.78, 5) is 6.48. The van der Waals surface area contributed by atoms with Crippen molar-refractivity contribution >= 4 is 39.9 Å². The summed E-state index contributed by atoms with van der Waals surface area (Å²) in [5, 5.41) is 2.01. The molecule has 0 unspecified atom stereocenters. The zero-order chi connectivity index (χ0) is 14.5. The third kappa shape index (κ3) is 3.82. The summed E-state index contributed by atoms with van der Waals surface area (Å²) in [5.74, 6) is 0.802. The Morgan fingerprint density at radius 3 is 2.90 bits per heavy atom. The lowest BCUT2D eigenvalue weighted by atomic mass is 10.2. The number of aromatic nitrogens is 2. The molecule has 4 nitrogen and oxygen atoms in total. The van der Waals surface area contributed by atoms with E-state index in [0.717, 1.165) is 22.9 Å². The first kappa shape index (κ1) is 15.5. The Kier molecular flexibility index (Phi) is 5.60. The molecule has 0 aliphatic carbocycles. The van der Waals surface area contributed by atoms with Crippen molar-refractivity contribution in [2.75, 3.05) is 25.7 Å². The van der Waals surface area contributed by atoms with E-state index >= 15 is 0 Å². The van der Waals surface area contributed by atoms with E-state index in [9.17, 15) is 0 Å². The normalized spacial score (nSPS) is 10.8. The number of rotatable bonds is 6. The maximum atomic E-state index is 6.19. The molecule has 0 saturated heterocycles. The standard InChI is InChI=1S/C13H15Cl2N3OS/c1-18(8-9-4-3-5-10(14)12(9)15)13-16-11(17-20-13)6-7-19-2/h3-5H,6-8H2,1-2H3. The molecule has 1 heterocycles. The highest BCUT2D eigenvalue weighted by atomic mass is 35.5. The molecule has 0 spiro atoms. The number of methoxy groups -OCH3 is 1. The number of nitrogens with zero attached hydrogens (tertiary/aromatic N) is 3. The van der Waals surface area contributed by atoms with E-state index in [1.807, 2.05) is 24.1 Å². The van der Waals surface area contributed by atoms with E-state index in [2.05, 4.69) is 9.36 Å². The first-order chi connectivity index (χ1) is 9.61. The molecule has 0 aliphatic heterocycles. The van der Waals surface area contributed by atoms with Gasteiger partial charge in [-0.25, -0.2) is 4.98 Å². The molecule has 1 aromatic heterocycles. The van der Waals surface area contributed by atoms with Crippen LogP contribution in [-0.2, 0) is 17.7 Å². The van der Waals surface area contributed by atoms with Crippen molar-refractivity contribution in [3.05, 3.63) is 39.6 Å². The van der Waals surface area contributed by atoms with Gasteiger partial charge in [0.15, 0.2) is 0 Å². The second-order valence-electron chi connectivity index (χ2n) is 4.30. The molecule has 0 fully saturated rings. The molecule has 0 bridgehead atoms. The third-order valence-corrected chi connectivity index (χ3v) is 4.48. The van der Waals surface area contributed by atoms with Crippen molar-refractivity contribution < 1.29 is 4.74 Å². The fourth-order valence-corrected chi connectivity index (χ4v) is 2.74. The smallest absolute Gasteiger partial charge is 0.205 e. The minimum atomic E-state index is 0.565. The maximum Gasteiger partial charge on any atom is 0.205 e. The first-order valence-corrected chi connectivity index (χ1v) is 7.60. The Morgan fingerprint density at radius 2 is 2.15 bits per heavy atom. The van der Waals surface area contributed by atoms with Crippen LogP contribution in [0.4, 0.5) is 5.13 Å². The number of anilines is 1. The Balaban J connectivity index is 2.06. The highest BCUT2D eigenvalue weighted by molar-refractivity contribution is 7.09. The van der Waals surface area contributed by atoms with Crippen LogP contribution in [0.25, 0.3) is 0 Å². The largest absolute Gasteiger partial charge is 0.384 e. The summed E-state index contributed by atoms with van der Waals surface area (Å²) in [7, 11) is 3.62. The van der Waals surface area contributed by atoms with Crippen molar-refractivity contribution in [3.63, 3.8) is 0 Å². The fourth-order valence-electron chi connectivity index (χ4n) is 1.69. The van der Waals surface area contributed by atoms with Gasteiger partial charge in [0.1, 0.15) is 5.82 Å². The van der Waals surface area contributed by atoms with Gasteiger partial charge >= 0.3 is 0 Å². The molecule has 0 aliphatic rings. The van der Waals surface area contributed by atoms with Crippen LogP contribution in [0.15, 0.2) is 18.2 Å². The maximum absolute atomic E-state index is 6.19. The molecule has 0 radical (unpaired) electrons.